The first-order chi connectivity index (χ1) is 9.91. The van der Waals surface area contributed by atoms with Gasteiger partial charge in [-0.2, -0.15) is 18.3 Å². The van der Waals surface area contributed by atoms with Gasteiger partial charge in [0, 0.05) is 17.7 Å². The molecule has 2 aromatic rings. The van der Waals surface area contributed by atoms with Gasteiger partial charge >= 0.3 is 6.18 Å². The Morgan fingerprint density at radius 2 is 2.00 bits per heavy atom. The van der Waals surface area contributed by atoms with Crippen LogP contribution in [-0.4, -0.2) is 14.8 Å². The number of pyridine rings is 1. The summed E-state index contributed by atoms with van der Waals surface area (Å²) in [5, 5.41) is 4.09. The van der Waals surface area contributed by atoms with Gasteiger partial charge < -0.3 is 0 Å². The quantitative estimate of drug-likeness (QED) is 0.770. The Balaban J connectivity index is 2.07. The zero-order valence-electron chi connectivity index (χ0n) is 10.7. The highest BCUT2D eigenvalue weighted by molar-refractivity contribution is 6.32. The number of aromatic nitrogens is 3. The molecule has 0 bridgehead atoms. The lowest BCUT2D eigenvalue weighted by Gasteiger charge is -2.11. The van der Waals surface area contributed by atoms with Crippen molar-refractivity contribution in [1.29, 1.82) is 0 Å². The van der Waals surface area contributed by atoms with Gasteiger partial charge in [-0.1, -0.05) is 11.6 Å². The third kappa shape index (κ3) is 2.74. The van der Waals surface area contributed by atoms with Crippen molar-refractivity contribution in [3.8, 4) is 5.82 Å². The van der Waals surface area contributed by atoms with Crippen LogP contribution in [0.15, 0.2) is 18.5 Å². The number of nitrogens with zero attached hydrogens (tertiary/aromatic N) is 3. The summed E-state index contributed by atoms with van der Waals surface area (Å²) < 4.78 is 39.4. The lowest BCUT2D eigenvalue weighted by atomic mass is 10.2. The highest BCUT2D eigenvalue weighted by Gasteiger charge is 2.34. The molecule has 1 aliphatic rings. The molecule has 0 aromatic carbocycles. The fourth-order valence-electron chi connectivity index (χ4n) is 2.20. The highest BCUT2D eigenvalue weighted by Crippen LogP contribution is 2.43. The van der Waals surface area contributed by atoms with Crippen LogP contribution >= 0.6 is 23.2 Å². The second kappa shape index (κ2) is 5.18. The molecule has 2 aromatic heterocycles. The minimum Gasteiger partial charge on any atom is -0.235 e. The summed E-state index contributed by atoms with van der Waals surface area (Å²) in [4.78, 5) is 3.84. The molecule has 0 radical (unpaired) electrons. The van der Waals surface area contributed by atoms with Crippen LogP contribution in [-0.2, 0) is 12.1 Å². The molecule has 2 heterocycles. The van der Waals surface area contributed by atoms with Crippen LogP contribution in [0.2, 0.25) is 5.02 Å². The third-order valence-corrected chi connectivity index (χ3v) is 3.91. The number of hydrogen-bond acceptors (Lipinski definition) is 2. The summed E-state index contributed by atoms with van der Waals surface area (Å²) in [6.07, 6.45) is -0.0855. The van der Waals surface area contributed by atoms with Gasteiger partial charge in [0.05, 0.1) is 28.4 Å². The van der Waals surface area contributed by atoms with Crippen molar-refractivity contribution in [3.05, 3.63) is 40.3 Å². The molecule has 0 unspecified atom stereocenters. The lowest BCUT2D eigenvalue weighted by molar-refractivity contribution is -0.137. The third-order valence-electron chi connectivity index (χ3n) is 3.34. The number of hydrogen-bond donors (Lipinski definition) is 0. The second-order valence-corrected chi connectivity index (χ2v) is 5.58. The van der Waals surface area contributed by atoms with Gasteiger partial charge in [0.2, 0.25) is 0 Å². The smallest absolute Gasteiger partial charge is 0.235 e. The SMILES string of the molecule is FC(F)(F)c1cnc(-n2ncc(CCl)c2C2CC2)c(Cl)c1. The first-order valence-corrected chi connectivity index (χ1v) is 7.19. The van der Waals surface area contributed by atoms with Crippen molar-refractivity contribution in [2.24, 2.45) is 0 Å². The van der Waals surface area contributed by atoms with Crippen LogP contribution in [0.1, 0.15) is 35.6 Å². The van der Waals surface area contributed by atoms with E-state index in [-0.39, 0.29) is 10.8 Å². The molecule has 0 atom stereocenters. The van der Waals surface area contributed by atoms with E-state index in [2.05, 4.69) is 10.1 Å². The summed E-state index contributed by atoms with van der Waals surface area (Å²) in [6, 6.07) is 0.864. The number of halogens is 5. The molecule has 112 valence electrons. The Kier molecular flexibility index (Phi) is 3.61. The van der Waals surface area contributed by atoms with Gasteiger partial charge in [-0.25, -0.2) is 9.67 Å². The summed E-state index contributed by atoms with van der Waals surface area (Å²) >= 11 is 11.8. The van der Waals surface area contributed by atoms with Crippen LogP contribution in [0.3, 0.4) is 0 Å². The molecule has 0 amide bonds. The van der Waals surface area contributed by atoms with E-state index in [4.69, 9.17) is 23.2 Å². The van der Waals surface area contributed by atoms with Crippen LogP contribution in [0.5, 0.6) is 0 Å². The van der Waals surface area contributed by atoms with E-state index in [1.54, 1.807) is 6.20 Å². The van der Waals surface area contributed by atoms with Gasteiger partial charge in [0.25, 0.3) is 0 Å². The average molecular weight is 336 g/mol. The van der Waals surface area contributed by atoms with E-state index < -0.39 is 11.7 Å². The molecule has 3 rings (SSSR count). The molecular formula is C13H10Cl2F3N3. The highest BCUT2D eigenvalue weighted by atomic mass is 35.5. The van der Waals surface area contributed by atoms with Crippen LogP contribution in [0.4, 0.5) is 13.2 Å². The molecule has 1 aliphatic carbocycles. The van der Waals surface area contributed by atoms with Gasteiger partial charge in [-0.3, -0.25) is 0 Å². The largest absolute Gasteiger partial charge is 0.417 e. The monoisotopic (exact) mass is 335 g/mol. The van der Waals surface area contributed by atoms with Crippen molar-refractivity contribution in [1.82, 2.24) is 14.8 Å². The maximum Gasteiger partial charge on any atom is 0.417 e. The van der Waals surface area contributed by atoms with Crippen molar-refractivity contribution < 1.29 is 13.2 Å². The Labute approximate surface area is 128 Å². The molecule has 8 heteroatoms. The van der Waals surface area contributed by atoms with E-state index in [1.165, 1.54) is 4.68 Å². The number of alkyl halides is 4. The molecule has 1 fully saturated rings. The van der Waals surface area contributed by atoms with Crippen molar-refractivity contribution in [2.75, 3.05) is 0 Å². The normalized spacial score (nSPS) is 15.5. The lowest BCUT2D eigenvalue weighted by Crippen LogP contribution is -2.10. The Bertz CT molecular complexity index is 678. The minimum atomic E-state index is -4.47. The zero-order valence-corrected chi connectivity index (χ0v) is 12.2. The van der Waals surface area contributed by atoms with Gasteiger partial charge in [-0.15, -0.1) is 11.6 Å². The van der Waals surface area contributed by atoms with Gasteiger partial charge in [-0.05, 0) is 18.9 Å². The fraction of sp³-hybridized carbons (Fsp3) is 0.385. The van der Waals surface area contributed by atoms with Crippen molar-refractivity contribution in [2.45, 2.75) is 30.8 Å². The first kappa shape index (κ1) is 14.7. The zero-order chi connectivity index (χ0) is 15.2. The first-order valence-electron chi connectivity index (χ1n) is 6.27. The predicted octanol–water partition coefficient (Wildman–Crippen LogP) is 4.56. The van der Waals surface area contributed by atoms with E-state index >= 15 is 0 Å². The Morgan fingerprint density at radius 1 is 1.29 bits per heavy atom. The average Bonchev–Trinajstić information content (AvgIpc) is 3.17. The van der Waals surface area contributed by atoms with Crippen molar-refractivity contribution >= 4 is 23.2 Å². The Morgan fingerprint density at radius 3 is 2.52 bits per heavy atom. The molecule has 3 nitrogen and oxygen atoms in total. The van der Waals surface area contributed by atoms with E-state index in [0.29, 0.717) is 11.8 Å². The maximum atomic E-state index is 12.6. The minimum absolute atomic E-state index is 0.0871. The van der Waals surface area contributed by atoms with Crippen molar-refractivity contribution in [3.63, 3.8) is 0 Å². The van der Waals surface area contributed by atoms with Crippen LogP contribution in [0, 0.1) is 0 Å². The second-order valence-electron chi connectivity index (χ2n) is 4.90. The molecule has 21 heavy (non-hydrogen) atoms. The van der Waals surface area contributed by atoms with E-state index in [0.717, 1.165) is 36.4 Å². The van der Waals surface area contributed by atoms with Crippen LogP contribution < -0.4 is 0 Å². The Hall–Kier alpha value is -1.27. The number of rotatable bonds is 3. The molecule has 0 saturated heterocycles. The topological polar surface area (TPSA) is 30.7 Å². The van der Waals surface area contributed by atoms with Gasteiger partial charge in [0.15, 0.2) is 5.82 Å². The molecule has 0 spiro atoms. The van der Waals surface area contributed by atoms with E-state index in [1.807, 2.05) is 0 Å². The standard InChI is InChI=1S/C13H10Cl2F3N3/c14-4-8-5-20-21(11(8)7-1-2-7)12-10(15)3-9(6-19-12)13(16,17)18/h3,5-7H,1-2,4H2. The molecule has 0 N–H and O–H groups in total. The molecule has 1 saturated carbocycles. The molecule has 0 aliphatic heterocycles. The van der Waals surface area contributed by atoms with E-state index in [9.17, 15) is 13.2 Å². The summed E-state index contributed by atoms with van der Waals surface area (Å²) in [5.74, 6) is 0.814. The summed E-state index contributed by atoms with van der Waals surface area (Å²) in [5.41, 5.74) is 0.866. The fourth-order valence-corrected chi connectivity index (χ4v) is 2.65. The molecular weight excluding hydrogens is 326 g/mol. The van der Waals surface area contributed by atoms with Crippen LogP contribution in [0.25, 0.3) is 5.82 Å². The summed E-state index contributed by atoms with van der Waals surface area (Å²) in [6.45, 7) is 0. The predicted molar refractivity (Wildman–Crippen MR) is 72.9 cm³/mol. The summed E-state index contributed by atoms with van der Waals surface area (Å²) in [7, 11) is 0. The van der Waals surface area contributed by atoms with Gasteiger partial charge in [0.1, 0.15) is 0 Å². The maximum absolute atomic E-state index is 12.6.